The van der Waals surface area contributed by atoms with Crippen LogP contribution in [0, 0.1) is 0 Å². The van der Waals surface area contributed by atoms with Crippen molar-refractivity contribution in [1.82, 2.24) is 19.7 Å². The molecule has 78 valence electrons. The van der Waals surface area contributed by atoms with Crippen molar-refractivity contribution in [3.63, 3.8) is 0 Å². The largest absolute Gasteiger partial charge is 0.329 e. The van der Waals surface area contributed by atoms with Crippen LogP contribution in [0.2, 0.25) is 5.15 Å². The highest BCUT2D eigenvalue weighted by Gasteiger charge is 2.02. The first-order chi connectivity index (χ1) is 7.29. The Morgan fingerprint density at radius 1 is 1.33 bits per heavy atom. The molecule has 15 heavy (non-hydrogen) atoms. The van der Waals surface area contributed by atoms with Crippen LogP contribution >= 0.6 is 11.6 Å². The van der Waals surface area contributed by atoms with Gasteiger partial charge in [-0.25, -0.2) is 4.98 Å². The van der Waals surface area contributed by atoms with E-state index in [1.165, 1.54) is 0 Å². The van der Waals surface area contributed by atoms with Gasteiger partial charge in [0.05, 0.1) is 12.2 Å². The summed E-state index contributed by atoms with van der Waals surface area (Å²) in [7, 11) is 0. The molecule has 2 aromatic heterocycles. The Kier molecular flexibility index (Phi) is 2.97. The van der Waals surface area contributed by atoms with Gasteiger partial charge < -0.3 is 4.57 Å². The Morgan fingerprint density at radius 3 is 2.87 bits per heavy atom. The van der Waals surface area contributed by atoms with E-state index in [1.807, 2.05) is 12.3 Å². The van der Waals surface area contributed by atoms with Crippen molar-refractivity contribution < 1.29 is 0 Å². The zero-order chi connectivity index (χ0) is 10.7. The summed E-state index contributed by atoms with van der Waals surface area (Å²) in [6.07, 6.45) is 4.64. The molecule has 4 nitrogen and oxygen atoms in total. The van der Waals surface area contributed by atoms with E-state index in [0.717, 1.165) is 17.9 Å². The van der Waals surface area contributed by atoms with Crippen LogP contribution in [-0.2, 0) is 13.0 Å². The Hall–Kier alpha value is -1.42. The highest BCUT2D eigenvalue weighted by molar-refractivity contribution is 6.29. The molecule has 5 heteroatoms. The normalized spacial score (nSPS) is 10.5. The zero-order valence-electron chi connectivity index (χ0n) is 8.39. The topological polar surface area (TPSA) is 43.6 Å². The Morgan fingerprint density at radius 2 is 2.20 bits per heavy atom. The highest BCUT2D eigenvalue weighted by Crippen LogP contribution is 2.06. The molecule has 2 rings (SSSR count). The van der Waals surface area contributed by atoms with Crippen molar-refractivity contribution in [3.8, 4) is 0 Å². The summed E-state index contributed by atoms with van der Waals surface area (Å²) < 4.78 is 2.05. The van der Waals surface area contributed by atoms with E-state index in [-0.39, 0.29) is 0 Å². The minimum atomic E-state index is 0.417. The fourth-order valence-electron chi connectivity index (χ4n) is 1.40. The summed E-state index contributed by atoms with van der Waals surface area (Å²) in [6, 6.07) is 3.61. The van der Waals surface area contributed by atoms with E-state index < -0.39 is 0 Å². The molecule has 2 aromatic rings. The summed E-state index contributed by atoms with van der Waals surface area (Å²) in [6.45, 7) is 2.76. The van der Waals surface area contributed by atoms with Crippen LogP contribution in [0.25, 0.3) is 0 Å². The van der Waals surface area contributed by atoms with Crippen molar-refractivity contribution in [2.24, 2.45) is 0 Å². The molecule has 0 aliphatic rings. The number of nitrogens with zero attached hydrogens (tertiary/aromatic N) is 4. The van der Waals surface area contributed by atoms with Gasteiger partial charge in [-0.1, -0.05) is 18.5 Å². The van der Waals surface area contributed by atoms with Gasteiger partial charge in [-0.05, 0) is 12.1 Å². The Labute approximate surface area is 92.9 Å². The maximum atomic E-state index is 5.66. The molecule has 0 aliphatic heterocycles. The van der Waals surface area contributed by atoms with Crippen LogP contribution in [0.3, 0.4) is 0 Å². The minimum Gasteiger partial charge on any atom is -0.329 e. The third-order valence-corrected chi connectivity index (χ3v) is 2.34. The SMILES string of the molecule is CCc1nccn1Cc1ccc(Cl)nn1. The van der Waals surface area contributed by atoms with Crippen LogP contribution < -0.4 is 0 Å². The summed E-state index contributed by atoms with van der Waals surface area (Å²) >= 11 is 5.66. The number of rotatable bonds is 3. The first-order valence-electron chi connectivity index (χ1n) is 4.77. The molecule has 0 spiro atoms. The maximum absolute atomic E-state index is 5.66. The summed E-state index contributed by atoms with van der Waals surface area (Å²) in [4.78, 5) is 4.24. The zero-order valence-corrected chi connectivity index (χ0v) is 9.15. The Bertz CT molecular complexity index is 435. The van der Waals surface area contributed by atoms with Gasteiger partial charge in [0.1, 0.15) is 5.82 Å². The lowest BCUT2D eigenvalue weighted by molar-refractivity contribution is 0.704. The number of halogens is 1. The average Bonchev–Trinajstić information content (AvgIpc) is 2.69. The fourth-order valence-corrected chi connectivity index (χ4v) is 1.50. The molecule has 0 N–H and O–H groups in total. The smallest absolute Gasteiger partial charge is 0.151 e. The molecule has 0 fully saturated rings. The summed E-state index contributed by atoms with van der Waals surface area (Å²) in [5.74, 6) is 1.05. The van der Waals surface area contributed by atoms with Crippen molar-refractivity contribution in [1.29, 1.82) is 0 Å². The van der Waals surface area contributed by atoms with Crippen LogP contribution in [0.5, 0.6) is 0 Å². The highest BCUT2D eigenvalue weighted by atomic mass is 35.5. The molecule has 0 aliphatic carbocycles. The second kappa shape index (κ2) is 4.40. The van der Waals surface area contributed by atoms with Gasteiger partial charge in [0.2, 0.25) is 0 Å². The number of hydrogen-bond acceptors (Lipinski definition) is 3. The van der Waals surface area contributed by atoms with Gasteiger partial charge in [0, 0.05) is 18.8 Å². The van der Waals surface area contributed by atoms with E-state index in [1.54, 1.807) is 12.3 Å². The molecular formula is C10H11ClN4. The predicted molar refractivity (Wildman–Crippen MR) is 57.7 cm³/mol. The third kappa shape index (κ3) is 2.33. The van der Waals surface area contributed by atoms with Gasteiger partial charge in [-0.3, -0.25) is 0 Å². The maximum Gasteiger partial charge on any atom is 0.151 e. The van der Waals surface area contributed by atoms with Crippen molar-refractivity contribution >= 4 is 11.6 Å². The van der Waals surface area contributed by atoms with Crippen LogP contribution in [0.15, 0.2) is 24.5 Å². The molecule has 0 bridgehead atoms. The molecular weight excluding hydrogens is 212 g/mol. The standard InChI is InChI=1S/C10H11ClN4/c1-2-10-12-5-6-15(10)7-8-3-4-9(11)14-13-8/h3-6H,2,7H2,1H3. The third-order valence-electron chi connectivity index (χ3n) is 2.14. The molecule has 2 heterocycles. The minimum absolute atomic E-state index is 0.417. The second-order valence-corrected chi connectivity index (χ2v) is 3.56. The quantitative estimate of drug-likeness (QED) is 0.797. The molecule has 0 amide bonds. The summed E-state index contributed by atoms with van der Waals surface area (Å²) in [5, 5.41) is 8.21. The second-order valence-electron chi connectivity index (χ2n) is 3.17. The van der Waals surface area contributed by atoms with Crippen molar-refractivity contribution in [3.05, 3.63) is 41.2 Å². The van der Waals surface area contributed by atoms with Gasteiger partial charge in [-0.2, -0.15) is 5.10 Å². The molecule has 0 saturated heterocycles. The predicted octanol–water partition coefficient (Wildman–Crippen LogP) is 1.94. The van der Waals surface area contributed by atoms with Crippen molar-refractivity contribution in [2.75, 3.05) is 0 Å². The van der Waals surface area contributed by atoms with E-state index in [9.17, 15) is 0 Å². The first-order valence-corrected chi connectivity index (χ1v) is 5.15. The molecule has 0 saturated carbocycles. The van der Waals surface area contributed by atoms with Crippen LogP contribution in [-0.4, -0.2) is 19.7 Å². The van der Waals surface area contributed by atoms with E-state index in [4.69, 9.17) is 11.6 Å². The van der Waals surface area contributed by atoms with Gasteiger partial charge in [0.25, 0.3) is 0 Å². The van der Waals surface area contributed by atoms with E-state index in [2.05, 4.69) is 26.7 Å². The molecule has 0 radical (unpaired) electrons. The number of aromatic nitrogens is 4. The number of hydrogen-bond donors (Lipinski definition) is 0. The molecule has 0 atom stereocenters. The Balaban J connectivity index is 2.18. The van der Waals surface area contributed by atoms with Gasteiger partial charge in [-0.15, -0.1) is 5.10 Å². The van der Waals surface area contributed by atoms with Crippen LogP contribution in [0.4, 0.5) is 0 Å². The molecule has 0 unspecified atom stereocenters. The summed E-state index contributed by atoms with van der Waals surface area (Å²) in [5.41, 5.74) is 0.882. The van der Waals surface area contributed by atoms with E-state index >= 15 is 0 Å². The van der Waals surface area contributed by atoms with Crippen LogP contribution in [0.1, 0.15) is 18.4 Å². The monoisotopic (exact) mass is 222 g/mol. The first kappa shape index (κ1) is 10.1. The van der Waals surface area contributed by atoms with E-state index in [0.29, 0.717) is 11.7 Å². The van der Waals surface area contributed by atoms with Crippen molar-refractivity contribution in [2.45, 2.75) is 19.9 Å². The fraction of sp³-hybridized carbons (Fsp3) is 0.300. The van der Waals surface area contributed by atoms with Gasteiger partial charge >= 0.3 is 0 Å². The van der Waals surface area contributed by atoms with Gasteiger partial charge in [0.15, 0.2) is 5.15 Å². The lowest BCUT2D eigenvalue weighted by Gasteiger charge is -2.04. The number of aryl methyl sites for hydroxylation is 1. The lowest BCUT2D eigenvalue weighted by atomic mass is 10.3. The lowest BCUT2D eigenvalue weighted by Crippen LogP contribution is -2.05. The molecule has 0 aromatic carbocycles. The number of imidazole rings is 1. The average molecular weight is 223 g/mol.